The summed E-state index contributed by atoms with van der Waals surface area (Å²) < 4.78 is 1.96. The van der Waals surface area contributed by atoms with Crippen LogP contribution in [0.1, 0.15) is 5.56 Å². The van der Waals surface area contributed by atoms with Gasteiger partial charge in [0.25, 0.3) is 0 Å². The highest BCUT2D eigenvalue weighted by Gasteiger charge is 2.03. The molecule has 1 aromatic heterocycles. The monoisotopic (exact) mass is 188 g/mol. The molecule has 0 bridgehead atoms. The van der Waals surface area contributed by atoms with Gasteiger partial charge >= 0.3 is 5.97 Å². The molecule has 1 N–H and O–H groups in total. The topological polar surface area (TPSA) is 42.2 Å². The smallest absolute Gasteiger partial charge is 0.307 e. The van der Waals surface area contributed by atoms with Crippen molar-refractivity contribution in [1.82, 2.24) is 4.57 Å². The van der Waals surface area contributed by atoms with E-state index >= 15 is 0 Å². The van der Waals surface area contributed by atoms with Crippen molar-refractivity contribution in [1.29, 1.82) is 0 Å². The maximum absolute atomic E-state index is 10.5. The Balaban J connectivity index is 2.46. The fourth-order valence-corrected chi connectivity index (χ4v) is 1.53. The molecule has 0 saturated heterocycles. The number of aliphatic carboxylic acids is 1. The molecule has 0 saturated carbocycles. The summed E-state index contributed by atoms with van der Waals surface area (Å²) in [5.41, 5.74) is 1.88. The first-order valence-electron chi connectivity index (χ1n) is 4.34. The number of hydrogen-bond acceptors (Lipinski definition) is 1. The molecule has 0 fully saturated rings. The third kappa shape index (κ3) is 1.48. The van der Waals surface area contributed by atoms with Gasteiger partial charge in [-0.3, -0.25) is 4.79 Å². The van der Waals surface area contributed by atoms with Crippen molar-refractivity contribution in [3.05, 3.63) is 36.0 Å². The summed E-state index contributed by atoms with van der Waals surface area (Å²) in [6.07, 6.45) is 1.91. The van der Waals surface area contributed by atoms with E-state index in [1.165, 1.54) is 0 Å². The predicted octanol–water partition coefficient (Wildman–Crippen LogP) is 1.61. The van der Waals surface area contributed by atoms with Crippen LogP contribution in [0.4, 0.5) is 0 Å². The van der Waals surface area contributed by atoms with Gasteiger partial charge in [-0.15, -0.1) is 0 Å². The Morgan fingerprint density at radius 2 is 2.36 bits per heavy atom. The summed E-state index contributed by atoms with van der Waals surface area (Å²) >= 11 is 0. The average molecular weight is 188 g/mol. The standard InChI is InChI=1S/C11H10NO2/c1-12-5-4-9-6-8(7-11(13)14)2-3-10(9)12/h2-3,5-6H,7H2,1H3,(H,13,14). The van der Waals surface area contributed by atoms with Gasteiger partial charge in [0.1, 0.15) is 0 Å². The summed E-state index contributed by atoms with van der Waals surface area (Å²) in [7, 11) is 1.94. The number of rotatable bonds is 2. The molecule has 1 aromatic carbocycles. The Labute approximate surface area is 81.6 Å². The molecule has 1 heterocycles. The van der Waals surface area contributed by atoms with Crippen molar-refractivity contribution in [3.8, 4) is 0 Å². The number of benzene rings is 1. The van der Waals surface area contributed by atoms with Crippen LogP contribution in [0.3, 0.4) is 0 Å². The highest BCUT2D eigenvalue weighted by molar-refractivity contribution is 5.81. The van der Waals surface area contributed by atoms with Crippen LogP contribution in [-0.2, 0) is 18.3 Å². The first-order chi connectivity index (χ1) is 6.66. The van der Waals surface area contributed by atoms with E-state index in [0.717, 1.165) is 16.5 Å². The third-order valence-electron chi connectivity index (χ3n) is 2.21. The zero-order chi connectivity index (χ0) is 10.1. The van der Waals surface area contributed by atoms with Crippen LogP contribution in [0.5, 0.6) is 0 Å². The molecule has 2 rings (SSSR count). The number of carboxylic acid groups (broad SMARTS) is 1. The Kier molecular flexibility index (Phi) is 2.00. The molecule has 0 aliphatic heterocycles. The number of nitrogens with zero attached hydrogens (tertiary/aromatic N) is 1. The highest BCUT2D eigenvalue weighted by Crippen LogP contribution is 2.16. The Morgan fingerprint density at radius 1 is 1.57 bits per heavy atom. The molecule has 71 valence electrons. The van der Waals surface area contributed by atoms with E-state index in [-0.39, 0.29) is 6.42 Å². The quantitative estimate of drug-likeness (QED) is 0.777. The molecule has 0 unspecified atom stereocenters. The second-order valence-corrected chi connectivity index (χ2v) is 3.31. The molecule has 0 atom stereocenters. The second kappa shape index (κ2) is 3.18. The number of aromatic nitrogens is 1. The van der Waals surface area contributed by atoms with Crippen LogP contribution in [0.25, 0.3) is 10.9 Å². The summed E-state index contributed by atoms with van der Waals surface area (Å²) in [5, 5.41) is 9.59. The molecule has 2 aromatic rings. The van der Waals surface area contributed by atoms with E-state index in [9.17, 15) is 4.79 Å². The number of fused-ring (bicyclic) bond motifs is 1. The van der Waals surface area contributed by atoms with Gasteiger partial charge in [-0.05, 0) is 17.7 Å². The van der Waals surface area contributed by atoms with E-state index < -0.39 is 5.97 Å². The van der Waals surface area contributed by atoms with E-state index in [2.05, 4.69) is 6.07 Å². The Bertz CT molecular complexity index is 485. The lowest BCUT2D eigenvalue weighted by atomic mass is 10.1. The minimum Gasteiger partial charge on any atom is -0.481 e. The Hall–Kier alpha value is -1.77. The molecule has 0 aliphatic carbocycles. The maximum atomic E-state index is 10.5. The van der Waals surface area contributed by atoms with E-state index in [4.69, 9.17) is 5.11 Å². The molecule has 0 spiro atoms. The molecule has 1 radical (unpaired) electrons. The summed E-state index contributed by atoms with van der Waals surface area (Å²) in [4.78, 5) is 10.5. The largest absolute Gasteiger partial charge is 0.481 e. The third-order valence-corrected chi connectivity index (χ3v) is 2.21. The second-order valence-electron chi connectivity index (χ2n) is 3.31. The first kappa shape index (κ1) is 8.81. The number of carboxylic acids is 1. The average Bonchev–Trinajstić information content (AvgIpc) is 2.46. The van der Waals surface area contributed by atoms with Crippen molar-refractivity contribution < 1.29 is 9.90 Å². The van der Waals surface area contributed by atoms with Crippen LogP contribution in [0, 0.1) is 6.07 Å². The predicted molar refractivity (Wildman–Crippen MR) is 53.1 cm³/mol. The minimum absolute atomic E-state index is 0.0681. The molecule has 3 heteroatoms. The molecule has 14 heavy (non-hydrogen) atoms. The van der Waals surface area contributed by atoms with Crippen LogP contribution < -0.4 is 0 Å². The maximum Gasteiger partial charge on any atom is 0.307 e. The van der Waals surface area contributed by atoms with Crippen molar-refractivity contribution in [2.24, 2.45) is 7.05 Å². The lowest BCUT2D eigenvalue weighted by Gasteiger charge is -1.99. The summed E-state index contributed by atoms with van der Waals surface area (Å²) in [6.45, 7) is 0. The van der Waals surface area contributed by atoms with Crippen molar-refractivity contribution in [2.45, 2.75) is 6.42 Å². The van der Waals surface area contributed by atoms with E-state index in [1.54, 1.807) is 0 Å². The summed E-state index contributed by atoms with van der Waals surface area (Å²) in [5.74, 6) is -0.805. The van der Waals surface area contributed by atoms with Gasteiger partial charge < -0.3 is 9.67 Å². The fourth-order valence-electron chi connectivity index (χ4n) is 1.53. The van der Waals surface area contributed by atoms with Crippen molar-refractivity contribution >= 4 is 16.9 Å². The van der Waals surface area contributed by atoms with Gasteiger partial charge in [0.15, 0.2) is 0 Å². The first-order valence-corrected chi connectivity index (χ1v) is 4.34. The van der Waals surface area contributed by atoms with Crippen LogP contribution in [0.15, 0.2) is 24.4 Å². The van der Waals surface area contributed by atoms with Gasteiger partial charge in [0.05, 0.1) is 6.42 Å². The number of carbonyl (C=O) groups is 1. The normalized spacial score (nSPS) is 10.6. The van der Waals surface area contributed by atoms with Gasteiger partial charge in [-0.25, -0.2) is 0 Å². The number of aryl methyl sites for hydroxylation is 1. The SMILES string of the molecule is Cn1c[c]c2cc(CC(=O)O)ccc21. The van der Waals surface area contributed by atoms with Gasteiger partial charge in [0, 0.05) is 30.2 Å². The Morgan fingerprint density at radius 3 is 3.07 bits per heavy atom. The number of hydrogen-bond donors (Lipinski definition) is 1. The van der Waals surface area contributed by atoms with E-state index in [1.807, 2.05) is 36.0 Å². The van der Waals surface area contributed by atoms with Crippen LogP contribution >= 0.6 is 0 Å². The minimum atomic E-state index is -0.805. The van der Waals surface area contributed by atoms with Gasteiger partial charge in [0.2, 0.25) is 0 Å². The zero-order valence-corrected chi connectivity index (χ0v) is 7.82. The lowest BCUT2D eigenvalue weighted by molar-refractivity contribution is -0.136. The lowest BCUT2D eigenvalue weighted by Crippen LogP contribution is -1.99. The highest BCUT2D eigenvalue weighted by atomic mass is 16.4. The van der Waals surface area contributed by atoms with Crippen molar-refractivity contribution in [2.75, 3.05) is 0 Å². The fraction of sp³-hybridized carbons (Fsp3) is 0.182. The molecule has 3 nitrogen and oxygen atoms in total. The van der Waals surface area contributed by atoms with Crippen LogP contribution in [-0.4, -0.2) is 15.6 Å². The molecular weight excluding hydrogens is 178 g/mol. The van der Waals surface area contributed by atoms with E-state index in [0.29, 0.717) is 0 Å². The summed E-state index contributed by atoms with van der Waals surface area (Å²) in [6, 6.07) is 8.69. The van der Waals surface area contributed by atoms with Crippen LogP contribution in [0.2, 0.25) is 0 Å². The molecular formula is C11H10NO2. The molecule has 0 amide bonds. The van der Waals surface area contributed by atoms with Crippen molar-refractivity contribution in [3.63, 3.8) is 0 Å². The molecule has 0 aliphatic rings. The zero-order valence-electron chi connectivity index (χ0n) is 7.82. The van der Waals surface area contributed by atoms with Gasteiger partial charge in [-0.2, -0.15) is 0 Å². The van der Waals surface area contributed by atoms with Gasteiger partial charge in [-0.1, -0.05) is 6.07 Å².